The number of nitrogens with two attached hydrogens (primary N) is 1. The highest BCUT2D eigenvalue weighted by molar-refractivity contribution is 7.11. The third-order valence-corrected chi connectivity index (χ3v) is 3.39. The molecule has 0 spiro atoms. The van der Waals surface area contributed by atoms with Crippen LogP contribution in [-0.2, 0) is 22.6 Å². The fraction of sp³-hybridized carbons (Fsp3) is 0.455. The van der Waals surface area contributed by atoms with E-state index < -0.39 is 0 Å². The van der Waals surface area contributed by atoms with Crippen molar-refractivity contribution in [2.75, 3.05) is 13.1 Å². The van der Waals surface area contributed by atoms with Gasteiger partial charge in [0.15, 0.2) is 0 Å². The second kappa shape index (κ2) is 7.03. The molecule has 6 heteroatoms. The molecule has 0 atom stereocenters. The molecule has 1 heterocycles. The van der Waals surface area contributed by atoms with Crippen LogP contribution in [0.2, 0.25) is 0 Å². The normalized spacial score (nSPS) is 10.0. The Morgan fingerprint density at radius 3 is 2.53 bits per heavy atom. The highest BCUT2D eigenvalue weighted by Crippen LogP contribution is 2.16. The van der Waals surface area contributed by atoms with Crippen LogP contribution in [0.15, 0.2) is 12.1 Å². The van der Waals surface area contributed by atoms with Crippen LogP contribution in [0.3, 0.4) is 0 Å². The fourth-order valence-electron chi connectivity index (χ4n) is 1.21. The van der Waals surface area contributed by atoms with Crippen LogP contribution in [0.25, 0.3) is 0 Å². The van der Waals surface area contributed by atoms with Crippen LogP contribution < -0.4 is 16.4 Å². The molecule has 0 fully saturated rings. The Labute approximate surface area is 104 Å². The van der Waals surface area contributed by atoms with Gasteiger partial charge in [0.1, 0.15) is 0 Å². The van der Waals surface area contributed by atoms with E-state index in [2.05, 4.69) is 23.6 Å². The van der Waals surface area contributed by atoms with Crippen LogP contribution in [0, 0.1) is 0 Å². The number of rotatable bonds is 6. The third kappa shape index (κ3) is 4.97. The van der Waals surface area contributed by atoms with Gasteiger partial charge in [-0.25, -0.2) is 0 Å². The summed E-state index contributed by atoms with van der Waals surface area (Å²) in [6.07, 6.45) is 1.01. The summed E-state index contributed by atoms with van der Waals surface area (Å²) in [6, 6.07) is 4.06. The summed E-state index contributed by atoms with van der Waals surface area (Å²) < 4.78 is 0. The predicted molar refractivity (Wildman–Crippen MR) is 67.6 cm³/mol. The van der Waals surface area contributed by atoms with E-state index in [0.717, 1.165) is 11.3 Å². The van der Waals surface area contributed by atoms with Gasteiger partial charge in [-0.1, -0.05) is 6.92 Å². The van der Waals surface area contributed by atoms with E-state index in [1.807, 2.05) is 6.07 Å². The molecule has 0 aromatic carbocycles. The summed E-state index contributed by atoms with van der Waals surface area (Å²) in [7, 11) is 0. The van der Waals surface area contributed by atoms with Gasteiger partial charge in [0, 0.05) is 9.75 Å². The summed E-state index contributed by atoms with van der Waals surface area (Å²) in [5.74, 6) is -0.539. The molecular formula is C11H17N3O2S. The SMILES string of the molecule is CCc1ccc(CNC(=O)CNC(=O)CN)s1. The topological polar surface area (TPSA) is 84.2 Å². The summed E-state index contributed by atoms with van der Waals surface area (Å²) >= 11 is 1.68. The molecule has 1 aromatic rings. The molecule has 17 heavy (non-hydrogen) atoms. The minimum Gasteiger partial charge on any atom is -0.350 e. The van der Waals surface area contributed by atoms with E-state index in [4.69, 9.17) is 5.73 Å². The van der Waals surface area contributed by atoms with Gasteiger partial charge in [0.25, 0.3) is 0 Å². The number of hydrogen-bond acceptors (Lipinski definition) is 4. The van der Waals surface area contributed by atoms with Crippen molar-refractivity contribution >= 4 is 23.2 Å². The Kier molecular flexibility index (Phi) is 5.65. The standard InChI is InChI=1S/C11H17N3O2S/c1-2-8-3-4-9(17-8)6-13-11(16)7-14-10(15)5-12/h3-4H,2,5-7,12H2,1H3,(H,13,16)(H,14,15). The smallest absolute Gasteiger partial charge is 0.239 e. The number of aryl methyl sites for hydroxylation is 1. The molecule has 0 aliphatic rings. The molecule has 1 aromatic heterocycles. The molecule has 0 radical (unpaired) electrons. The quantitative estimate of drug-likeness (QED) is 0.669. The molecule has 0 aliphatic carbocycles. The van der Waals surface area contributed by atoms with Crippen molar-refractivity contribution in [3.05, 3.63) is 21.9 Å². The summed E-state index contributed by atoms with van der Waals surface area (Å²) in [6.45, 7) is 2.47. The maximum Gasteiger partial charge on any atom is 0.239 e. The van der Waals surface area contributed by atoms with E-state index >= 15 is 0 Å². The maximum atomic E-state index is 11.4. The van der Waals surface area contributed by atoms with Gasteiger partial charge in [0.2, 0.25) is 11.8 Å². The Morgan fingerprint density at radius 1 is 1.24 bits per heavy atom. The summed E-state index contributed by atoms with van der Waals surface area (Å²) in [5.41, 5.74) is 5.10. The van der Waals surface area contributed by atoms with Crippen LogP contribution in [0.4, 0.5) is 0 Å². The average Bonchev–Trinajstić information content (AvgIpc) is 2.81. The molecule has 2 amide bonds. The van der Waals surface area contributed by atoms with Crippen molar-refractivity contribution in [3.8, 4) is 0 Å². The first-order chi connectivity index (χ1) is 8.15. The van der Waals surface area contributed by atoms with Gasteiger partial charge in [-0.05, 0) is 18.6 Å². The number of carbonyl (C=O) groups excluding carboxylic acids is 2. The van der Waals surface area contributed by atoms with Crippen molar-refractivity contribution in [2.24, 2.45) is 5.73 Å². The lowest BCUT2D eigenvalue weighted by molar-refractivity contribution is -0.125. The monoisotopic (exact) mass is 255 g/mol. The number of thiophene rings is 1. The number of amides is 2. The van der Waals surface area contributed by atoms with E-state index in [1.54, 1.807) is 11.3 Å². The zero-order chi connectivity index (χ0) is 12.7. The maximum absolute atomic E-state index is 11.4. The lowest BCUT2D eigenvalue weighted by Crippen LogP contribution is -2.39. The highest BCUT2D eigenvalue weighted by atomic mass is 32.1. The summed E-state index contributed by atoms with van der Waals surface area (Å²) in [5, 5.41) is 5.14. The van der Waals surface area contributed by atoms with Crippen molar-refractivity contribution in [1.82, 2.24) is 10.6 Å². The van der Waals surface area contributed by atoms with E-state index in [9.17, 15) is 9.59 Å². The van der Waals surface area contributed by atoms with Crippen LogP contribution in [0.5, 0.6) is 0 Å². The van der Waals surface area contributed by atoms with Gasteiger partial charge < -0.3 is 16.4 Å². The van der Waals surface area contributed by atoms with Gasteiger partial charge >= 0.3 is 0 Å². The number of carbonyl (C=O) groups is 2. The van der Waals surface area contributed by atoms with Crippen LogP contribution >= 0.6 is 11.3 Å². The van der Waals surface area contributed by atoms with Crippen molar-refractivity contribution in [2.45, 2.75) is 19.9 Å². The summed E-state index contributed by atoms with van der Waals surface area (Å²) in [4.78, 5) is 24.6. The minimum atomic E-state index is -0.329. The molecule has 4 N–H and O–H groups in total. The van der Waals surface area contributed by atoms with E-state index in [0.29, 0.717) is 6.54 Å². The molecule has 0 bridgehead atoms. The zero-order valence-electron chi connectivity index (χ0n) is 9.79. The second-order valence-electron chi connectivity index (χ2n) is 3.48. The Bertz CT molecular complexity index is 390. The minimum absolute atomic E-state index is 0.0258. The molecule has 0 unspecified atom stereocenters. The fourth-order valence-corrected chi connectivity index (χ4v) is 2.10. The first-order valence-electron chi connectivity index (χ1n) is 5.46. The largest absolute Gasteiger partial charge is 0.350 e. The lowest BCUT2D eigenvalue weighted by Gasteiger charge is -2.04. The molecule has 0 saturated heterocycles. The number of hydrogen-bond donors (Lipinski definition) is 3. The van der Waals surface area contributed by atoms with E-state index in [1.165, 1.54) is 4.88 Å². The van der Waals surface area contributed by atoms with Gasteiger partial charge in [-0.2, -0.15) is 0 Å². The lowest BCUT2D eigenvalue weighted by atomic mass is 10.3. The van der Waals surface area contributed by atoms with Crippen LogP contribution in [0.1, 0.15) is 16.7 Å². The van der Waals surface area contributed by atoms with Crippen molar-refractivity contribution < 1.29 is 9.59 Å². The molecule has 0 saturated carbocycles. The van der Waals surface area contributed by atoms with E-state index in [-0.39, 0.29) is 24.9 Å². The average molecular weight is 255 g/mol. The third-order valence-electron chi connectivity index (χ3n) is 2.16. The van der Waals surface area contributed by atoms with Gasteiger partial charge in [-0.3, -0.25) is 9.59 Å². The first-order valence-corrected chi connectivity index (χ1v) is 6.28. The van der Waals surface area contributed by atoms with Crippen LogP contribution in [-0.4, -0.2) is 24.9 Å². The molecular weight excluding hydrogens is 238 g/mol. The predicted octanol–water partition coefficient (Wildman–Crippen LogP) is 0.00160. The highest BCUT2D eigenvalue weighted by Gasteiger charge is 2.04. The first kappa shape index (κ1) is 13.7. The van der Waals surface area contributed by atoms with Crippen molar-refractivity contribution in [1.29, 1.82) is 0 Å². The zero-order valence-corrected chi connectivity index (χ0v) is 10.6. The Balaban J connectivity index is 2.25. The Hall–Kier alpha value is -1.40. The molecule has 0 aliphatic heterocycles. The Morgan fingerprint density at radius 2 is 1.94 bits per heavy atom. The molecule has 94 valence electrons. The molecule has 1 rings (SSSR count). The molecule has 5 nitrogen and oxygen atoms in total. The van der Waals surface area contributed by atoms with Gasteiger partial charge in [0.05, 0.1) is 19.6 Å². The number of nitrogens with one attached hydrogen (secondary N) is 2. The van der Waals surface area contributed by atoms with Crippen molar-refractivity contribution in [3.63, 3.8) is 0 Å². The second-order valence-corrected chi connectivity index (χ2v) is 4.73. The van der Waals surface area contributed by atoms with Gasteiger partial charge in [-0.15, -0.1) is 11.3 Å².